The number of carbonyl (C=O) groups excluding carboxylic acids is 3. The van der Waals surface area contributed by atoms with E-state index in [4.69, 9.17) is 16.3 Å². The predicted octanol–water partition coefficient (Wildman–Crippen LogP) is 2.27. The van der Waals surface area contributed by atoms with Crippen LogP contribution in [0.3, 0.4) is 0 Å². The molecule has 1 atom stereocenters. The minimum atomic E-state index is -0.690. The third-order valence-corrected chi connectivity index (χ3v) is 4.79. The summed E-state index contributed by atoms with van der Waals surface area (Å²) in [5.41, 5.74) is -0.0731. The molecular formula is C16H13ClN2O4S. The van der Waals surface area contributed by atoms with Crippen LogP contribution in [0.25, 0.3) is 0 Å². The average Bonchev–Trinajstić information content (AvgIpc) is 3.00. The van der Waals surface area contributed by atoms with Crippen LogP contribution in [0, 0.1) is 0 Å². The Balaban J connectivity index is 1.80. The molecule has 3 rings (SSSR count). The second-order valence-electron chi connectivity index (χ2n) is 4.96. The van der Waals surface area contributed by atoms with Crippen LogP contribution >= 0.6 is 23.4 Å². The first-order chi connectivity index (χ1) is 11.5. The molecule has 0 saturated heterocycles. The lowest BCUT2D eigenvalue weighted by Crippen LogP contribution is -2.46. The largest absolute Gasteiger partial charge is 0.462 e. The Morgan fingerprint density at radius 1 is 1.33 bits per heavy atom. The van der Waals surface area contributed by atoms with Crippen molar-refractivity contribution >= 4 is 41.0 Å². The summed E-state index contributed by atoms with van der Waals surface area (Å²) in [7, 11) is 0. The summed E-state index contributed by atoms with van der Waals surface area (Å²) in [6.07, 6.45) is 2.78. The molecule has 1 unspecified atom stereocenters. The number of halogens is 1. The Morgan fingerprint density at radius 2 is 2.04 bits per heavy atom. The van der Waals surface area contributed by atoms with Crippen molar-refractivity contribution in [1.82, 2.24) is 10.2 Å². The van der Waals surface area contributed by atoms with Gasteiger partial charge >= 0.3 is 5.97 Å². The van der Waals surface area contributed by atoms with Crippen LogP contribution in [-0.4, -0.2) is 34.7 Å². The number of carbonyl (C=O) groups is 3. The molecule has 0 radical (unpaired) electrons. The maximum Gasteiger partial charge on any atom is 0.345 e. The Bertz CT molecular complexity index is 773. The van der Waals surface area contributed by atoms with Crippen LogP contribution in [0.1, 0.15) is 17.3 Å². The number of hydrogen-bond acceptors (Lipinski definition) is 6. The minimum absolute atomic E-state index is 0.0925. The number of rotatable bonds is 4. The Labute approximate surface area is 147 Å². The summed E-state index contributed by atoms with van der Waals surface area (Å²) >= 11 is 7.03. The van der Waals surface area contributed by atoms with E-state index in [0.29, 0.717) is 15.5 Å². The summed E-state index contributed by atoms with van der Waals surface area (Å²) in [5.74, 6) is -1.40. The van der Waals surface area contributed by atoms with Gasteiger partial charge in [0, 0.05) is 23.0 Å². The summed E-state index contributed by atoms with van der Waals surface area (Å²) < 4.78 is 4.85. The molecule has 6 nitrogen and oxygen atoms in total. The maximum atomic E-state index is 12.5. The van der Waals surface area contributed by atoms with Crippen LogP contribution in [0.2, 0.25) is 5.02 Å². The van der Waals surface area contributed by atoms with Gasteiger partial charge in [-0.3, -0.25) is 14.5 Å². The van der Waals surface area contributed by atoms with Gasteiger partial charge in [0.05, 0.1) is 11.5 Å². The molecule has 0 aliphatic carbocycles. The van der Waals surface area contributed by atoms with Gasteiger partial charge in [-0.15, -0.1) is 0 Å². The molecule has 124 valence electrons. The standard InChI is InChI=1S/C16H13ClN2O4S/c1-2-23-15(22)11-7-18-16-19(14(11)21)8-12(24-16)13(20)9-3-5-10(17)6-4-9/h3-8,16,18H,2H2,1H3. The normalized spacial score (nSPS) is 19.2. The van der Waals surface area contributed by atoms with Crippen molar-refractivity contribution in [2.75, 3.05) is 6.61 Å². The number of esters is 1. The molecule has 2 aliphatic heterocycles. The minimum Gasteiger partial charge on any atom is -0.462 e. The van der Waals surface area contributed by atoms with Gasteiger partial charge in [0.1, 0.15) is 5.57 Å². The number of nitrogens with one attached hydrogen (secondary N) is 1. The highest BCUT2D eigenvalue weighted by molar-refractivity contribution is 8.04. The first-order valence-corrected chi connectivity index (χ1v) is 8.41. The quantitative estimate of drug-likeness (QED) is 0.502. The SMILES string of the molecule is CCOC(=O)C1=CNC2SC(C(=O)c3ccc(Cl)cc3)=CN2C1=O. The molecule has 2 heterocycles. The molecule has 1 N–H and O–H groups in total. The second-order valence-corrected chi connectivity index (χ2v) is 6.52. The Kier molecular flexibility index (Phi) is 4.64. The number of fused-ring (bicyclic) bond motifs is 1. The van der Waals surface area contributed by atoms with Crippen molar-refractivity contribution in [3.63, 3.8) is 0 Å². The Hall–Kier alpha value is -2.25. The fourth-order valence-electron chi connectivity index (χ4n) is 2.25. The van der Waals surface area contributed by atoms with Crippen LogP contribution in [0.5, 0.6) is 0 Å². The first kappa shape index (κ1) is 16.6. The average molecular weight is 365 g/mol. The van der Waals surface area contributed by atoms with E-state index in [2.05, 4.69) is 5.32 Å². The summed E-state index contributed by atoms with van der Waals surface area (Å²) in [4.78, 5) is 38.4. The van der Waals surface area contributed by atoms with Crippen molar-refractivity contribution < 1.29 is 19.1 Å². The highest BCUT2D eigenvalue weighted by Crippen LogP contribution is 2.36. The van der Waals surface area contributed by atoms with Gasteiger partial charge in [-0.05, 0) is 31.2 Å². The van der Waals surface area contributed by atoms with Crippen molar-refractivity contribution in [1.29, 1.82) is 0 Å². The van der Waals surface area contributed by atoms with E-state index >= 15 is 0 Å². The first-order valence-electron chi connectivity index (χ1n) is 7.16. The van der Waals surface area contributed by atoms with Crippen molar-refractivity contribution in [2.24, 2.45) is 0 Å². The fourth-order valence-corrected chi connectivity index (χ4v) is 3.42. The molecule has 24 heavy (non-hydrogen) atoms. The summed E-state index contributed by atoms with van der Waals surface area (Å²) in [6, 6.07) is 6.51. The van der Waals surface area contributed by atoms with E-state index < -0.39 is 17.4 Å². The lowest BCUT2D eigenvalue weighted by atomic mass is 10.1. The van der Waals surface area contributed by atoms with Gasteiger partial charge in [-0.2, -0.15) is 0 Å². The molecule has 1 amide bonds. The molecule has 0 bridgehead atoms. The van der Waals surface area contributed by atoms with Crippen molar-refractivity contribution in [3.05, 3.63) is 57.7 Å². The topological polar surface area (TPSA) is 75.7 Å². The third kappa shape index (κ3) is 3.05. The summed E-state index contributed by atoms with van der Waals surface area (Å²) in [6.45, 7) is 1.84. The zero-order chi connectivity index (χ0) is 17.3. The smallest absolute Gasteiger partial charge is 0.345 e. The van der Waals surface area contributed by atoms with Crippen LogP contribution in [0.15, 0.2) is 47.1 Å². The summed E-state index contributed by atoms with van der Waals surface area (Å²) in [5, 5.41) is 3.47. The van der Waals surface area contributed by atoms with E-state index in [9.17, 15) is 14.4 Å². The second kappa shape index (κ2) is 6.70. The van der Waals surface area contributed by atoms with Gasteiger partial charge in [-0.1, -0.05) is 23.4 Å². The van der Waals surface area contributed by atoms with Gasteiger partial charge in [-0.25, -0.2) is 4.79 Å². The van der Waals surface area contributed by atoms with Crippen LogP contribution in [0.4, 0.5) is 0 Å². The van der Waals surface area contributed by atoms with Crippen molar-refractivity contribution in [3.8, 4) is 0 Å². The number of nitrogens with zero attached hydrogens (tertiary/aromatic N) is 1. The van der Waals surface area contributed by atoms with Gasteiger partial charge in [0.25, 0.3) is 5.91 Å². The number of ketones is 1. The number of hydrogen-bond donors (Lipinski definition) is 1. The number of allylic oxidation sites excluding steroid dienone is 1. The zero-order valence-electron chi connectivity index (χ0n) is 12.6. The molecule has 8 heteroatoms. The number of Topliss-reactive ketones (excluding diaryl/α,β-unsaturated/α-hetero) is 1. The fraction of sp³-hybridized carbons (Fsp3) is 0.188. The highest BCUT2D eigenvalue weighted by Gasteiger charge is 2.39. The predicted molar refractivity (Wildman–Crippen MR) is 89.9 cm³/mol. The highest BCUT2D eigenvalue weighted by atomic mass is 35.5. The van der Waals surface area contributed by atoms with Gasteiger partial charge in [0.2, 0.25) is 5.78 Å². The third-order valence-electron chi connectivity index (χ3n) is 3.41. The maximum absolute atomic E-state index is 12.5. The molecule has 0 saturated carbocycles. The lowest BCUT2D eigenvalue weighted by molar-refractivity contribution is -0.142. The van der Waals surface area contributed by atoms with E-state index in [-0.39, 0.29) is 18.0 Å². The van der Waals surface area contributed by atoms with Crippen LogP contribution < -0.4 is 5.32 Å². The molecule has 0 aromatic heterocycles. The monoisotopic (exact) mass is 364 g/mol. The molecular weight excluding hydrogens is 352 g/mol. The molecule has 2 aliphatic rings. The number of benzene rings is 1. The van der Waals surface area contributed by atoms with E-state index in [0.717, 1.165) is 0 Å². The number of ether oxygens (including phenoxy) is 1. The van der Waals surface area contributed by atoms with Gasteiger partial charge < -0.3 is 10.1 Å². The van der Waals surface area contributed by atoms with Crippen LogP contribution in [-0.2, 0) is 14.3 Å². The molecule has 0 spiro atoms. The van der Waals surface area contributed by atoms with Crippen molar-refractivity contribution in [2.45, 2.75) is 12.4 Å². The molecule has 0 fully saturated rings. The lowest BCUT2D eigenvalue weighted by Gasteiger charge is -2.27. The zero-order valence-corrected chi connectivity index (χ0v) is 14.2. The van der Waals surface area contributed by atoms with E-state index in [1.54, 1.807) is 31.2 Å². The van der Waals surface area contributed by atoms with E-state index in [1.807, 2.05) is 0 Å². The number of amides is 1. The Morgan fingerprint density at radius 3 is 2.71 bits per heavy atom. The van der Waals surface area contributed by atoms with E-state index in [1.165, 1.54) is 29.1 Å². The number of thioether (sulfide) groups is 1. The molecule has 1 aromatic rings. The van der Waals surface area contributed by atoms with Gasteiger partial charge in [0.15, 0.2) is 5.50 Å². The molecule has 1 aromatic carbocycles.